The van der Waals surface area contributed by atoms with Crippen molar-refractivity contribution in [3.05, 3.63) is 76.3 Å². The number of aromatic nitrogens is 2. The first-order chi connectivity index (χ1) is 16.5. The molecule has 1 aromatic heterocycles. The van der Waals surface area contributed by atoms with Gasteiger partial charge in [0.2, 0.25) is 10.0 Å². The molecule has 0 radical (unpaired) electrons. The second-order valence-corrected chi connectivity index (χ2v) is 10.8. The van der Waals surface area contributed by atoms with Crippen molar-refractivity contribution in [1.29, 1.82) is 5.26 Å². The van der Waals surface area contributed by atoms with E-state index < -0.39 is 15.4 Å². The van der Waals surface area contributed by atoms with E-state index in [-0.39, 0.29) is 13.2 Å². The van der Waals surface area contributed by atoms with Crippen molar-refractivity contribution in [1.82, 2.24) is 14.7 Å². The van der Waals surface area contributed by atoms with Gasteiger partial charge in [-0.15, -0.1) is 11.6 Å². The minimum absolute atomic E-state index is 0.000237. The standard InChI is InChI=1S/C24H24Cl2N4O4S/c1-24(2,18-10-16(12-27)23(21(26)11-18)33-9-8-25)17-4-6-19(7-5-17)34-20-13-28-22(29-14-20)15-30-35(3,31)32/h4-7,10-11,13-14,30H,8-9,15H2,1-3H3. The van der Waals surface area contributed by atoms with Crippen molar-refractivity contribution in [2.24, 2.45) is 0 Å². The summed E-state index contributed by atoms with van der Waals surface area (Å²) >= 11 is 12.1. The molecule has 3 rings (SSSR count). The van der Waals surface area contributed by atoms with Gasteiger partial charge in [-0.2, -0.15) is 5.26 Å². The molecule has 1 heterocycles. The Balaban J connectivity index is 1.75. The van der Waals surface area contributed by atoms with Crippen LogP contribution >= 0.6 is 23.2 Å². The van der Waals surface area contributed by atoms with E-state index >= 15 is 0 Å². The summed E-state index contributed by atoms with van der Waals surface area (Å²) in [7, 11) is -3.33. The van der Waals surface area contributed by atoms with E-state index in [1.807, 2.05) is 38.1 Å². The molecule has 0 saturated heterocycles. The molecular weight excluding hydrogens is 511 g/mol. The summed E-state index contributed by atoms with van der Waals surface area (Å²) < 4.78 is 36.0. The van der Waals surface area contributed by atoms with E-state index in [4.69, 9.17) is 32.7 Å². The van der Waals surface area contributed by atoms with E-state index in [2.05, 4.69) is 20.8 Å². The summed E-state index contributed by atoms with van der Waals surface area (Å²) in [6.45, 7) is 4.32. The minimum Gasteiger partial charge on any atom is -0.489 e. The Labute approximate surface area is 214 Å². The zero-order valence-corrected chi connectivity index (χ0v) is 21.7. The van der Waals surface area contributed by atoms with E-state index in [9.17, 15) is 13.7 Å². The van der Waals surface area contributed by atoms with Gasteiger partial charge in [0, 0.05) is 5.41 Å². The SMILES string of the molecule is CC(C)(c1ccc(Oc2cnc(CNS(C)(=O)=O)nc2)cc1)c1cc(Cl)c(OCCCl)c(C#N)c1. The molecule has 2 aromatic carbocycles. The zero-order chi connectivity index (χ0) is 25.6. The Bertz CT molecular complexity index is 1320. The van der Waals surface area contributed by atoms with Crippen LogP contribution in [0.2, 0.25) is 5.02 Å². The maximum Gasteiger partial charge on any atom is 0.209 e. The second kappa shape index (κ2) is 11.2. The fourth-order valence-electron chi connectivity index (χ4n) is 3.25. The smallest absolute Gasteiger partial charge is 0.209 e. The molecule has 0 aliphatic rings. The van der Waals surface area contributed by atoms with Gasteiger partial charge in [0.05, 0.1) is 41.7 Å². The summed E-state index contributed by atoms with van der Waals surface area (Å²) in [6.07, 6.45) is 4.02. The number of nitriles is 1. The maximum absolute atomic E-state index is 11.2. The third-order valence-corrected chi connectivity index (χ3v) is 6.30. The molecule has 0 saturated carbocycles. The van der Waals surface area contributed by atoms with Crippen LogP contribution in [0.3, 0.4) is 0 Å². The van der Waals surface area contributed by atoms with Crippen molar-refractivity contribution in [3.8, 4) is 23.3 Å². The summed E-state index contributed by atoms with van der Waals surface area (Å²) in [5.74, 6) is 1.95. The number of benzene rings is 2. The first-order valence-corrected chi connectivity index (χ1v) is 13.3. The van der Waals surface area contributed by atoms with Gasteiger partial charge in [-0.25, -0.2) is 23.1 Å². The largest absolute Gasteiger partial charge is 0.489 e. The second-order valence-electron chi connectivity index (χ2n) is 8.16. The lowest BCUT2D eigenvalue weighted by Gasteiger charge is -2.27. The first kappa shape index (κ1) is 26.7. The monoisotopic (exact) mass is 534 g/mol. The van der Waals surface area contributed by atoms with E-state index in [1.54, 1.807) is 12.1 Å². The van der Waals surface area contributed by atoms with E-state index in [0.29, 0.717) is 39.5 Å². The molecule has 0 atom stereocenters. The number of sulfonamides is 1. The molecule has 184 valence electrons. The van der Waals surface area contributed by atoms with Gasteiger partial charge in [-0.3, -0.25) is 0 Å². The van der Waals surface area contributed by atoms with Crippen molar-refractivity contribution >= 4 is 33.2 Å². The third-order valence-electron chi connectivity index (χ3n) is 5.20. The van der Waals surface area contributed by atoms with Gasteiger partial charge in [0.25, 0.3) is 0 Å². The number of hydrogen-bond acceptors (Lipinski definition) is 7. The molecule has 0 bridgehead atoms. The lowest BCUT2D eigenvalue weighted by molar-refractivity contribution is 0.341. The molecule has 8 nitrogen and oxygen atoms in total. The lowest BCUT2D eigenvalue weighted by Crippen LogP contribution is -2.22. The number of halogens is 2. The Hall–Kier alpha value is -2.90. The van der Waals surface area contributed by atoms with Crippen LogP contribution in [0.25, 0.3) is 0 Å². The van der Waals surface area contributed by atoms with E-state index in [0.717, 1.165) is 17.4 Å². The van der Waals surface area contributed by atoms with Crippen LogP contribution in [0.1, 0.15) is 36.4 Å². The van der Waals surface area contributed by atoms with Crippen LogP contribution in [-0.2, 0) is 22.0 Å². The van der Waals surface area contributed by atoms with Crippen molar-refractivity contribution < 1.29 is 17.9 Å². The Morgan fingerprint density at radius 3 is 2.31 bits per heavy atom. The van der Waals surface area contributed by atoms with Gasteiger partial charge >= 0.3 is 0 Å². The summed E-state index contributed by atoms with van der Waals surface area (Å²) in [4.78, 5) is 8.21. The Morgan fingerprint density at radius 2 is 1.74 bits per heavy atom. The van der Waals surface area contributed by atoms with Gasteiger partial charge in [-0.05, 0) is 35.4 Å². The van der Waals surface area contributed by atoms with Gasteiger partial charge in [-0.1, -0.05) is 37.6 Å². The van der Waals surface area contributed by atoms with Crippen molar-refractivity contribution in [3.63, 3.8) is 0 Å². The van der Waals surface area contributed by atoms with Crippen LogP contribution in [0, 0.1) is 11.3 Å². The van der Waals surface area contributed by atoms with Gasteiger partial charge in [0.1, 0.15) is 24.3 Å². The van der Waals surface area contributed by atoms with Gasteiger partial charge < -0.3 is 9.47 Å². The predicted molar refractivity (Wildman–Crippen MR) is 135 cm³/mol. The number of hydrogen-bond donors (Lipinski definition) is 1. The zero-order valence-electron chi connectivity index (χ0n) is 19.4. The fourth-order valence-corrected chi connectivity index (χ4v) is 3.99. The number of nitrogens with one attached hydrogen (secondary N) is 1. The average molecular weight is 535 g/mol. The molecule has 0 aliphatic carbocycles. The molecule has 11 heteroatoms. The van der Waals surface area contributed by atoms with Crippen molar-refractivity contribution in [2.45, 2.75) is 25.8 Å². The highest BCUT2D eigenvalue weighted by molar-refractivity contribution is 7.88. The van der Waals surface area contributed by atoms with Gasteiger partial charge in [0.15, 0.2) is 11.5 Å². The van der Waals surface area contributed by atoms with E-state index in [1.165, 1.54) is 12.4 Å². The number of alkyl halides is 1. The molecule has 0 fully saturated rings. The molecule has 0 aliphatic heterocycles. The third kappa shape index (κ3) is 7.05. The highest BCUT2D eigenvalue weighted by Gasteiger charge is 2.26. The Morgan fingerprint density at radius 1 is 1.09 bits per heavy atom. The summed E-state index contributed by atoms with van der Waals surface area (Å²) in [5, 5.41) is 9.94. The number of ether oxygens (including phenoxy) is 2. The number of nitrogens with zero attached hydrogens (tertiary/aromatic N) is 3. The Kier molecular flexibility index (Phi) is 8.56. The lowest BCUT2D eigenvalue weighted by atomic mass is 9.77. The highest BCUT2D eigenvalue weighted by Crippen LogP contribution is 2.38. The molecule has 0 spiro atoms. The minimum atomic E-state index is -3.33. The molecule has 0 unspecified atom stereocenters. The van der Waals surface area contributed by atoms with Crippen LogP contribution in [-0.4, -0.2) is 37.1 Å². The molecule has 1 N–H and O–H groups in total. The predicted octanol–water partition coefficient (Wildman–Crippen LogP) is 4.79. The quantitative estimate of drug-likeness (QED) is 0.372. The average Bonchev–Trinajstić information content (AvgIpc) is 2.82. The maximum atomic E-state index is 11.2. The highest BCUT2D eigenvalue weighted by atomic mass is 35.5. The van der Waals surface area contributed by atoms with Crippen molar-refractivity contribution in [2.75, 3.05) is 18.7 Å². The fraction of sp³-hybridized carbons (Fsp3) is 0.292. The first-order valence-electron chi connectivity index (χ1n) is 10.5. The molecule has 3 aromatic rings. The topological polar surface area (TPSA) is 114 Å². The molecular formula is C24H24Cl2N4O4S. The summed E-state index contributed by atoms with van der Waals surface area (Å²) in [6, 6.07) is 13.2. The number of rotatable bonds is 10. The van der Waals surface area contributed by atoms with Crippen LogP contribution in [0.4, 0.5) is 0 Å². The normalized spacial score (nSPS) is 11.7. The van der Waals surface area contributed by atoms with Crippen LogP contribution in [0.5, 0.6) is 17.2 Å². The van der Waals surface area contributed by atoms with Crippen LogP contribution in [0.15, 0.2) is 48.8 Å². The summed E-state index contributed by atoms with van der Waals surface area (Å²) in [5.41, 5.74) is 1.73. The van der Waals surface area contributed by atoms with Crippen LogP contribution < -0.4 is 14.2 Å². The molecule has 35 heavy (non-hydrogen) atoms. The molecule has 0 amide bonds.